The van der Waals surface area contributed by atoms with Crippen LogP contribution in [0, 0.1) is 17.8 Å². The van der Waals surface area contributed by atoms with Gasteiger partial charge in [0.05, 0.1) is 18.6 Å². The molecule has 0 spiro atoms. The van der Waals surface area contributed by atoms with Gasteiger partial charge in [0.1, 0.15) is 0 Å². The molecule has 0 aromatic heterocycles. The lowest BCUT2D eigenvalue weighted by molar-refractivity contribution is -0.186. The van der Waals surface area contributed by atoms with Gasteiger partial charge in [-0.05, 0) is 25.2 Å². The van der Waals surface area contributed by atoms with E-state index in [-0.39, 0.29) is 26.0 Å². The summed E-state index contributed by atoms with van der Waals surface area (Å²) in [5.41, 5.74) is 0. The van der Waals surface area contributed by atoms with E-state index in [1.807, 2.05) is 13.8 Å². The second-order valence-corrected chi connectivity index (χ2v) is 6.43. The third-order valence-electron chi connectivity index (χ3n) is 3.78. The van der Waals surface area contributed by atoms with Gasteiger partial charge in [-0.3, -0.25) is 4.79 Å². The van der Waals surface area contributed by atoms with E-state index in [1.165, 1.54) is 0 Å². The molecule has 4 nitrogen and oxygen atoms in total. The van der Waals surface area contributed by atoms with Crippen molar-refractivity contribution in [1.29, 1.82) is 0 Å². The van der Waals surface area contributed by atoms with Crippen molar-refractivity contribution in [2.24, 2.45) is 17.8 Å². The molecule has 1 fully saturated rings. The van der Waals surface area contributed by atoms with Crippen molar-refractivity contribution < 1.29 is 27.8 Å². The number of hydrogen-bond acceptors (Lipinski definition) is 3. The van der Waals surface area contributed by atoms with Crippen molar-refractivity contribution >= 4 is 5.91 Å². The number of aliphatic hydroxyl groups is 1. The third kappa shape index (κ3) is 6.96. The van der Waals surface area contributed by atoms with E-state index in [9.17, 15) is 23.1 Å². The first-order valence-corrected chi connectivity index (χ1v) is 7.80. The second kappa shape index (κ2) is 8.72. The number of rotatable bonds is 7. The maximum atomic E-state index is 12.7. The van der Waals surface area contributed by atoms with Crippen LogP contribution < -0.4 is 5.32 Å². The summed E-state index contributed by atoms with van der Waals surface area (Å²) in [6.45, 7) is 4.59. The van der Waals surface area contributed by atoms with Crippen LogP contribution in [-0.4, -0.2) is 43.1 Å². The summed E-state index contributed by atoms with van der Waals surface area (Å²) in [5.74, 6) is -2.07. The van der Waals surface area contributed by atoms with Gasteiger partial charge in [0, 0.05) is 19.1 Å². The van der Waals surface area contributed by atoms with Crippen LogP contribution in [0.4, 0.5) is 13.2 Å². The number of alkyl halides is 3. The maximum absolute atomic E-state index is 12.7. The van der Waals surface area contributed by atoms with Crippen molar-refractivity contribution in [1.82, 2.24) is 5.32 Å². The molecular formula is C15H26F3NO3. The Balaban J connectivity index is 2.29. The summed E-state index contributed by atoms with van der Waals surface area (Å²) in [6, 6.07) is 0. The topological polar surface area (TPSA) is 58.6 Å². The lowest BCUT2D eigenvalue weighted by atomic mass is 9.80. The number of carbonyl (C=O) groups excluding carboxylic acids is 1. The summed E-state index contributed by atoms with van der Waals surface area (Å²) < 4.78 is 43.4. The smallest absolute Gasteiger partial charge is 0.389 e. The molecule has 22 heavy (non-hydrogen) atoms. The number of aliphatic hydroxyl groups excluding tert-OH is 1. The van der Waals surface area contributed by atoms with E-state index < -0.39 is 30.0 Å². The van der Waals surface area contributed by atoms with E-state index in [0.29, 0.717) is 25.4 Å². The average Bonchev–Trinajstić information content (AvgIpc) is 2.43. The van der Waals surface area contributed by atoms with Gasteiger partial charge in [-0.2, -0.15) is 13.2 Å². The van der Waals surface area contributed by atoms with E-state index in [4.69, 9.17) is 4.74 Å². The van der Waals surface area contributed by atoms with E-state index in [0.717, 1.165) is 0 Å². The number of hydrogen-bond donors (Lipinski definition) is 2. The summed E-state index contributed by atoms with van der Waals surface area (Å²) in [7, 11) is 0. The molecule has 7 heteroatoms. The number of halogens is 3. The Kier molecular flexibility index (Phi) is 7.62. The fraction of sp³-hybridized carbons (Fsp3) is 0.933. The normalized spacial score (nSPS) is 24.3. The molecule has 0 aromatic carbocycles. The summed E-state index contributed by atoms with van der Waals surface area (Å²) >= 11 is 0. The SMILES string of the molecule is CC(C)COCC(O)CNC(=O)C1CCCC(C(F)(F)F)C1. The molecule has 1 saturated carbocycles. The van der Waals surface area contributed by atoms with Gasteiger partial charge in [0.2, 0.25) is 5.91 Å². The Bertz CT molecular complexity index is 347. The third-order valence-corrected chi connectivity index (χ3v) is 3.78. The van der Waals surface area contributed by atoms with Crippen LogP contribution in [0.15, 0.2) is 0 Å². The van der Waals surface area contributed by atoms with Gasteiger partial charge in [-0.15, -0.1) is 0 Å². The monoisotopic (exact) mass is 325 g/mol. The highest BCUT2D eigenvalue weighted by molar-refractivity contribution is 5.78. The highest BCUT2D eigenvalue weighted by Gasteiger charge is 2.43. The van der Waals surface area contributed by atoms with Crippen LogP contribution in [0.25, 0.3) is 0 Å². The van der Waals surface area contributed by atoms with Gasteiger partial charge in [-0.1, -0.05) is 20.3 Å². The van der Waals surface area contributed by atoms with Gasteiger partial charge in [0.15, 0.2) is 0 Å². The molecule has 1 rings (SSSR count). The van der Waals surface area contributed by atoms with Gasteiger partial charge in [0.25, 0.3) is 0 Å². The molecule has 0 bridgehead atoms. The van der Waals surface area contributed by atoms with Crippen LogP contribution in [0.3, 0.4) is 0 Å². The van der Waals surface area contributed by atoms with Gasteiger partial charge in [-0.25, -0.2) is 0 Å². The summed E-state index contributed by atoms with van der Waals surface area (Å²) in [5, 5.41) is 12.2. The Morgan fingerprint density at radius 3 is 2.59 bits per heavy atom. The van der Waals surface area contributed by atoms with Crippen molar-refractivity contribution in [3.05, 3.63) is 0 Å². The number of ether oxygens (including phenoxy) is 1. The minimum absolute atomic E-state index is 0.00408. The molecule has 0 aromatic rings. The quantitative estimate of drug-likeness (QED) is 0.756. The number of carbonyl (C=O) groups is 1. The highest BCUT2D eigenvalue weighted by Crippen LogP contribution is 2.39. The first kappa shape index (κ1) is 19.2. The zero-order valence-corrected chi connectivity index (χ0v) is 13.2. The maximum Gasteiger partial charge on any atom is 0.391 e. The van der Waals surface area contributed by atoms with Crippen molar-refractivity contribution in [3.63, 3.8) is 0 Å². The van der Waals surface area contributed by atoms with E-state index >= 15 is 0 Å². The van der Waals surface area contributed by atoms with Crippen molar-refractivity contribution in [3.8, 4) is 0 Å². The Hall–Kier alpha value is -0.820. The average molecular weight is 325 g/mol. The van der Waals surface area contributed by atoms with Crippen LogP contribution >= 0.6 is 0 Å². The van der Waals surface area contributed by atoms with Crippen LogP contribution in [0.5, 0.6) is 0 Å². The van der Waals surface area contributed by atoms with Crippen molar-refractivity contribution in [2.45, 2.75) is 51.8 Å². The van der Waals surface area contributed by atoms with Gasteiger partial charge >= 0.3 is 6.18 Å². The Labute approximate surface area is 129 Å². The fourth-order valence-electron chi connectivity index (χ4n) is 2.59. The fourth-order valence-corrected chi connectivity index (χ4v) is 2.59. The molecule has 1 aliphatic carbocycles. The molecule has 3 atom stereocenters. The molecule has 1 aliphatic rings. The van der Waals surface area contributed by atoms with Crippen LogP contribution in [0.1, 0.15) is 39.5 Å². The Morgan fingerprint density at radius 2 is 2.00 bits per heavy atom. The number of amides is 1. The molecule has 0 heterocycles. The number of nitrogens with one attached hydrogen (secondary N) is 1. The predicted molar refractivity (Wildman–Crippen MR) is 76.2 cm³/mol. The largest absolute Gasteiger partial charge is 0.391 e. The zero-order chi connectivity index (χ0) is 16.8. The molecule has 0 saturated heterocycles. The molecule has 1 amide bonds. The predicted octanol–water partition coefficient (Wildman–Crippen LogP) is 2.50. The first-order chi connectivity index (χ1) is 10.2. The van der Waals surface area contributed by atoms with E-state index in [1.54, 1.807) is 0 Å². The lowest BCUT2D eigenvalue weighted by Crippen LogP contribution is -2.41. The molecule has 0 radical (unpaired) electrons. The molecule has 130 valence electrons. The van der Waals surface area contributed by atoms with Crippen molar-refractivity contribution in [2.75, 3.05) is 19.8 Å². The minimum atomic E-state index is -4.23. The highest BCUT2D eigenvalue weighted by atomic mass is 19.4. The van der Waals surface area contributed by atoms with Crippen LogP contribution in [0.2, 0.25) is 0 Å². The summed E-state index contributed by atoms with van der Waals surface area (Å²) in [4.78, 5) is 11.9. The standard InChI is InChI=1S/C15H26F3NO3/c1-10(2)8-22-9-13(20)7-19-14(21)11-4-3-5-12(6-11)15(16,17)18/h10-13,20H,3-9H2,1-2H3,(H,19,21). The van der Waals surface area contributed by atoms with Crippen LogP contribution in [-0.2, 0) is 9.53 Å². The molecule has 2 N–H and O–H groups in total. The minimum Gasteiger partial charge on any atom is -0.389 e. The van der Waals surface area contributed by atoms with E-state index in [2.05, 4.69) is 5.32 Å². The summed E-state index contributed by atoms with van der Waals surface area (Å²) in [6.07, 6.45) is -4.26. The molecule has 0 aliphatic heterocycles. The first-order valence-electron chi connectivity index (χ1n) is 7.80. The molecule has 3 unspecified atom stereocenters. The zero-order valence-electron chi connectivity index (χ0n) is 13.2. The lowest BCUT2D eigenvalue weighted by Gasteiger charge is -2.30. The Morgan fingerprint density at radius 1 is 1.32 bits per heavy atom. The second-order valence-electron chi connectivity index (χ2n) is 6.43. The van der Waals surface area contributed by atoms with Gasteiger partial charge < -0.3 is 15.2 Å². The molecular weight excluding hydrogens is 299 g/mol.